The molecule has 2 atom stereocenters. The maximum absolute atomic E-state index is 5.83. The van der Waals surface area contributed by atoms with Gasteiger partial charge in [0.25, 0.3) is 0 Å². The fraction of sp³-hybridized carbons (Fsp3) is 0.636. The fourth-order valence-electron chi connectivity index (χ4n) is 3.02. The van der Waals surface area contributed by atoms with Crippen LogP contribution in [0.3, 0.4) is 0 Å². The number of hydrogen-bond donors (Lipinski definition) is 0. The van der Waals surface area contributed by atoms with Crippen molar-refractivity contribution in [2.45, 2.75) is 78.3 Å². The van der Waals surface area contributed by atoms with Crippen molar-refractivity contribution in [1.82, 2.24) is 4.90 Å². The Hall–Kier alpha value is -1.28. The van der Waals surface area contributed by atoms with E-state index >= 15 is 0 Å². The predicted molar refractivity (Wildman–Crippen MR) is 107 cm³/mol. The van der Waals surface area contributed by atoms with Crippen molar-refractivity contribution >= 4 is 6.08 Å². The standard InChI is InChI=1S/C22H37NO/c1-6-19(4)23(20(5)7-2)16-11-9-10-12-17-24-22-15-13-14-21(8-3)18-22/h8,13-15,18-20H,3,6-7,9-12,16-17H2,1-2,4-5H3. The molecule has 0 aliphatic rings. The number of hydrogen-bond acceptors (Lipinski definition) is 2. The van der Waals surface area contributed by atoms with Gasteiger partial charge in [-0.05, 0) is 63.8 Å². The quantitative estimate of drug-likeness (QED) is 0.401. The van der Waals surface area contributed by atoms with Gasteiger partial charge in [0.05, 0.1) is 6.61 Å². The largest absolute Gasteiger partial charge is 0.494 e. The molecule has 0 spiro atoms. The maximum atomic E-state index is 5.83. The molecule has 2 unspecified atom stereocenters. The maximum Gasteiger partial charge on any atom is 0.119 e. The Morgan fingerprint density at radius 2 is 1.71 bits per heavy atom. The second-order valence-electron chi connectivity index (χ2n) is 6.79. The van der Waals surface area contributed by atoms with Gasteiger partial charge in [0, 0.05) is 12.1 Å². The monoisotopic (exact) mass is 331 g/mol. The van der Waals surface area contributed by atoms with Gasteiger partial charge < -0.3 is 4.74 Å². The average Bonchev–Trinajstić information content (AvgIpc) is 2.63. The molecule has 1 rings (SSSR count). The highest BCUT2D eigenvalue weighted by Crippen LogP contribution is 2.16. The molecule has 0 bridgehead atoms. The van der Waals surface area contributed by atoms with Gasteiger partial charge in [-0.15, -0.1) is 0 Å². The molecule has 2 nitrogen and oxygen atoms in total. The first-order chi connectivity index (χ1) is 11.6. The zero-order valence-corrected chi connectivity index (χ0v) is 16.3. The number of benzene rings is 1. The lowest BCUT2D eigenvalue weighted by Crippen LogP contribution is -2.40. The second kappa shape index (κ2) is 12.1. The van der Waals surface area contributed by atoms with E-state index in [1.165, 1.54) is 38.6 Å². The highest BCUT2D eigenvalue weighted by molar-refractivity contribution is 5.49. The minimum absolute atomic E-state index is 0.695. The summed E-state index contributed by atoms with van der Waals surface area (Å²) in [5.41, 5.74) is 1.11. The minimum atomic E-state index is 0.695. The minimum Gasteiger partial charge on any atom is -0.494 e. The van der Waals surface area contributed by atoms with E-state index < -0.39 is 0 Å². The number of nitrogens with zero attached hydrogens (tertiary/aromatic N) is 1. The molecule has 1 aromatic rings. The summed E-state index contributed by atoms with van der Waals surface area (Å²) in [6, 6.07) is 9.51. The van der Waals surface area contributed by atoms with Crippen LogP contribution >= 0.6 is 0 Å². The summed E-state index contributed by atoms with van der Waals surface area (Å²) < 4.78 is 5.83. The summed E-state index contributed by atoms with van der Waals surface area (Å²) >= 11 is 0. The van der Waals surface area contributed by atoms with Crippen molar-refractivity contribution in [3.63, 3.8) is 0 Å². The Morgan fingerprint density at radius 3 is 2.33 bits per heavy atom. The zero-order valence-electron chi connectivity index (χ0n) is 16.3. The van der Waals surface area contributed by atoms with Gasteiger partial charge >= 0.3 is 0 Å². The van der Waals surface area contributed by atoms with Gasteiger partial charge in [0.1, 0.15) is 5.75 Å². The zero-order chi connectivity index (χ0) is 17.8. The fourth-order valence-corrected chi connectivity index (χ4v) is 3.02. The molecule has 0 radical (unpaired) electrons. The lowest BCUT2D eigenvalue weighted by molar-refractivity contribution is 0.142. The molecular weight excluding hydrogens is 294 g/mol. The third-order valence-electron chi connectivity index (χ3n) is 4.99. The molecule has 24 heavy (non-hydrogen) atoms. The van der Waals surface area contributed by atoms with Crippen LogP contribution in [0, 0.1) is 0 Å². The van der Waals surface area contributed by atoms with Crippen LogP contribution in [-0.4, -0.2) is 30.1 Å². The molecular formula is C22H37NO. The Balaban J connectivity index is 2.17. The van der Waals surface area contributed by atoms with E-state index in [4.69, 9.17) is 4.74 Å². The van der Waals surface area contributed by atoms with E-state index in [9.17, 15) is 0 Å². The molecule has 2 heteroatoms. The van der Waals surface area contributed by atoms with Crippen LogP contribution in [0.5, 0.6) is 5.75 Å². The predicted octanol–water partition coefficient (Wildman–Crippen LogP) is 6.17. The summed E-state index contributed by atoms with van der Waals surface area (Å²) in [6.07, 6.45) is 9.29. The van der Waals surface area contributed by atoms with Gasteiger partial charge in [0.2, 0.25) is 0 Å². The molecule has 0 aliphatic heterocycles. The van der Waals surface area contributed by atoms with Crippen molar-refractivity contribution < 1.29 is 4.74 Å². The summed E-state index contributed by atoms with van der Waals surface area (Å²) in [4.78, 5) is 2.68. The highest BCUT2D eigenvalue weighted by atomic mass is 16.5. The summed E-state index contributed by atoms with van der Waals surface area (Å²) in [5, 5.41) is 0. The number of rotatable bonds is 13. The summed E-state index contributed by atoms with van der Waals surface area (Å²) in [6.45, 7) is 15.1. The van der Waals surface area contributed by atoms with Gasteiger partial charge in [-0.3, -0.25) is 4.90 Å². The smallest absolute Gasteiger partial charge is 0.119 e. The van der Waals surface area contributed by atoms with Crippen LogP contribution < -0.4 is 4.74 Å². The molecule has 0 saturated heterocycles. The van der Waals surface area contributed by atoms with Gasteiger partial charge in [-0.1, -0.05) is 51.5 Å². The van der Waals surface area contributed by atoms with Crippen LogP contribution in [0.2, 0.25) is 0 Å². The van der Waals surface area contributed by atoms with Crippen LogP contribution in [-0.2, 0) is 0 Å². The van der Waals surface area contributed by atoms with Gasteiger partial charge in [-0.25, -0.2) is 0 Å². The molecule has 0 saturated carbocycles. The molecule has 0 aromatic heterocycles. The number of ether oxygens (including phenoxy) is 1. The molecule has 136 valence electrons. The summed E-state index contributed by atoms with van der Waals surface area (Å²) in [7, 11) is 0. The lowest BCUT2D eigenvalue weighted by atomic mass is 10.1. The molecule has 0 amide bonds. The summed E-state index contributed by atoms with van der Waals surface area (Å²) in [5.74, 6) is 0.951. The van der Waals surface area contributed by atoms with Gasteiger partial charge in [-0.2, -0.15) is 0 Å². The Morgan fingerprint density at radius 1 is 1.04 bits per heavy atom. The van der Waals surface area contributed by atoms with Crippen molar-refractivity contribution in [2.75, 3.05) is 13.2 Å². The van der Waals surface area contributed by atoms with E-state index in [0.29, 0.717) is 12.1 Å². The first-order valence-electron chi connectivity index (χ1n) is 9.73. The number of unbranched alkanes of at least 4 members (excludes halogenated alkanes) is 3. The first-order valence-corrected chi connectivity index (χ1v) is 9.73. The van der Waals surface area contributed by atoms with Crippen molar-refractivity contribution in [3.8, 4) is 5.75 Å². The van der Waals surface area contributed by atoms with Crippen LogP contribution in [0.4, 0.5) is 0 Å². The Bertz CT molecular complexity index is 447. The first kappa shape index (κ1) is 20.8. The molecule has 0 aliphatic carbocycles. The van der Waals surface area contributed by atoms with E-state index in [1.54, 1.807) is 0 Å². The molecule has 0 fully saturated rings. The SMILES string of the molecule is C=Cc1cccc(OCCCCCCN(C(C)CC)C(C)CC)c1. The average molecular weight is 332 g/mol. The normalized spacial score (nSPS) is 13.7. The van der Waals surface area contributed by atoms with Crippen molar-refractivity contribution in [2.24, 2.45) is 0 Å². The van der Waals surface area contributed by atoms with E-state index in [1.807, 2.05) is 30.3 Å². The highest BCUT2D eigenvalue weighted by Gasteiger charge is 2.16. The third kappa shape index (κ3) is 7.53. The van der Waals surface area contributed by atoms with E-state index in [2.05, 4.69) is 39.2 Å². The lowest BCUT2D eigenvalue weighted by Gasteiger charge is -2.33. The molecule has 1 aromatic carbocycles. The van der Waals surface area contributed by atoms with Gasteiger partial charge in [0.15, 0.2) is 0 Å². The Labute approximate surface area is 149 Å². The van der Waals surface area contributed by atoms with Crippen LogP contribution in [0.1, 0.15) is 71.8 Å². The molecule has 0 heterocycles. The van der Waals surface area contributed by atoms with E-state index in [-0.39, 0.29) is 0 Å². The van der Waals surface area contributed by atoms with E-state index in [0.717, 1.165) is 24.3 Å². The van der Waals surface area contributed by atoms with Crippen molar-refractivity contribution in [1.29, 1.82) is 0 Å². The topological polar surface area (TPSA) is 12.5 Å². The van der Waals surface area contributed by atoms with Crippen LogP contribution in [0.25, 0.3) is 6.08 Å². The van der Waals surface area contributed by atoms with Crippen LogP contribution in [0.15, 0.2) is 30.8 Å². The van der Waals surface area contributed by atoms with Crippen molar-refractivity contribution in [3.05, 3.63) is 36.4 Å². The molecule has 0 N–H and O–H groups in total. The third-order valence-corrected chi connectivity index (χ3v) is 4.99. The Kier molecular flexibility index (Phi) is 10.5. The second-order valence-corrected chi connectivity index (χ2v) is 6.79.